The van der Waals surface area contributed by atoms with Crippen molar-refractivity contribution >= 4 is 17.5 Å². The fraction of sp³-hybridized carbons (Fsp3) is 0.143. The number of phenols is 1. The Bertz CT molecular complexity index is 694. The Hall–Kier alpha value is -2.56. The van der Waals surface area contributed by atoms with Gasteiger partial charge in [0.05, 0.1) is 0 Å². The number of ether oxygens (including phenoxy) is 2. The SMILES string of the molecule is CC1=CC(=C2C(=O)Oc3cc(C)c(O)cc32)OC1=O. The first-order valence-corrected chi connectivity index (χ1v) is 5.68. The minimum absolute atomic E-state index is 0.0557. The van der Waals surface area contributed by atoms with E-state index in [-0.39, 0.29) is 17.1 Å². The van der Waals surface area contributed by atoms with Gasteiger partial charge in [0.2, 0.25) is 0 Å². The van der Waals surface area contributed by atoms with Gasteiger partial charge in [0.1, 0.15) is 22.8 Å². The van der Waals surface area contributed by atoms with E-state index in [0.717, 1.165) is 0 Å². The Morgan fingerprint density at radius 2 is 1.79 bits per heavy atom. The number of cyclic esters (lactones) is 1. The van der Waals surface area contributed by atoms with Gasteiger partial charge >= 0.3 is 11.9 Å². The van der Waals surface area contributed by atoms with Crippen LogP contribution in [0.5, 0.6) is 11.5 Å². The van der Waals surface area contributed by atoms with Gasteiger partial charge in [-0.15, -0.1) is 0 Å². The number of aryl methyl sites for hydroxylation is 1. The molecule has 0 fully saturated rings. The van der Waals surface area contributed by atoms with E-state index < -0.39 is 11.9 Å². The van der Waals surface area contributed by atoms with Gasteiger partial charge in [-0.05, 0) is 37.6 Å². The molecule has 1 N–H and O–H groups in total. The van der Waals surface area contributed by atoms with Gasteiger partial charge < -0.3 is 14.6 Å². The number of esters is 2. The fourth-order valence-corrected chi connectivity index (χ4v) is 2.03. The number of benzene rings is 1. The predicted molar refractivity (Wildman–Crippen MR) is 65.2 cm³/mol. The average Bonchev–Trinajstić information content (AvgIpc) is 2.80. The lowest BCUT2D eigenvalue weighted by Crippen LogP contribution is -2.04. The Kier molecular flexibility index (Phi) is 2.25. The second kappa shape index (κ2) is 3.71. The largest absolute Gasteiger partial charge is 0.508 e. The highest BCUT2D eigenvalue weighted by atomic mass is 16.6. The molecular formula is C14H10O5. The molecule has 5 nitrogen and oxygen atoms in total. The number of carbonyl (C=O) groups is 2. The van der Waals surface area contributed by atoms with Crippen LogP contribution >= 0.6 is 0 Å². The molecule has 3 rings (SSSR count). The zero-order chi connectivity index (χ0) is 13.7. The summed E-state index contributed by atoms with van der Waals surface area (Å²) < 4.78 is 10.1. The van der Waals surface area contributed by atoms with Crippen molar-refractivity contribution in [2.75, 3.05) is 0 Å². The number of rotatable bonds is 0. The summed E-state index contributed by atoms with van der Waals surface area (Å²) >= 11 is 0. The van der Waals surface area contributed by atoms with Crippen LogP contribution in [0.25, 0.3) is 5.57 Å². The minimum atomic E-state index is -0.589. The molecule has 0 amide bonds. The van der Waals surface area contributed by atoms with E-state index in [2.05, 4.69) is 0 Å². The molecule has 2 heterocycles. The van der Waals surface area contributed by atoms with E-state index >= 15 is 0 Å². The van der Waals surface area contributed by atoms with Crippen LogP contribution < -0.4 is 4.74 Å². The van der Waals surface area contributed by atoms with Gasteiger partial charge in [-0.2, -0.15) is 0 Å². The van der Waals surface area contributed by atoms with E-state index in [0.29, 0.717) is 22.4 Å². The molecule has 96 valence electrons. The maximum atomic E-state index is 11.9. The molecule has 0 atom stereocenters. The summed E-state index contributed by atoms with van der Waals surface area (Å²) in [5, 5.41) is 9.72. The number of hydrogen-bond donors (Lipinski definition) is 1. The van der Waals surface area contributed by atoms with Gasteiger partial charge in [-0.25, -0.2) is 9.59 Å². The third kappa shape index (κ3) is 1.62. The predicted octanol–water partition coefficient (Wildman–Crippen LogP) is 1.83. The number of phenolic OH excluding ortho intramolecular Hbond substituents is 1. The van der Waals surface area contributed by atoms with E-state index in [1.54, 1.807) is 19.9 Å². The second-order valence-corrected chi connectivity index (χ2v) is 4.48. The van der Waals surface area contributed by atoms with Gasteiger partial charge in [-0.1, -0.05) is 0 Å². The Morgan fingerprint density at radius 3 is 2.42 bits per heavy atom. The smallest absolute Gasteiger partial charge is 0.348 e. The summed E-state index contributed by atoms with van der Waals surface area (Å²) in [7, 11) is 0. The normalized spacial score (nSPS) is 21.1. The minimum Gasteiger partial charge on any atom is -0.508 e. The number of hydrogen-bond acceptors (Lipinski definition) is 5. The summed E-state index contributed by atoms with van der Waals surface area (Å²) in [4.78, 5) is 23.2. The topological polar surface area (TPSA) is 72.8 Å². The van der Waals surface area contributed by atoms with Crippen molar-refractivity contribution in [2.45, 2.75) is 13.8 Å². The molecular weight excluding hydrogens is 248 g/mol. The van der Waals surface area contributed by atoms with Gasteiger partial charge in [0.25, 0.3) is 0 Å². The third-order valence-electron chi connectivity index (χ3n) is 3.09. The van der Waals surface area contributed by atoms with Crippen LogP contribution in [0.3, 0.4) is 0 Å². The standard InChI is InChI=1S/C14H10O5/c1-6-3-10-8(5-9(6)15)12(14(17)18-10)11-4-7(2)13(16)19-11/h3-5,15H,1-2H3. The van der Waals surface area contributed by atoms with Crippen LogP contribution in [-0.2, 0) is 14.3 Å². The molecule has 19 heavy (non-hydrogen) atoms. The molecule has 0 spiro atoms. The molecule has 2 aliphatic rings. The third-order valence-corrected chi connectivity index (χ3v) is 3.09. The first-order chi connectivity index (χ1) is 8.97. The molecule has 1 aromatic rings. The lowest BCUT2D eigenvalue weighted by atomic mass is 10.0. The zero-order valence-electron chi connectivity index (χ0n) is 10.3. The van der Waals surface area contributed by atoms with Crippen LogP contribution in [0.1, 0.15) is 18.1 Å². The highest BCUT2D eigenvalue weighted by Gasteiger charge is 2.34. The molecule has 0 radical (unpaired) electrons. The van der Waals surface area contributed by atoms with Crippen molar-refractivity contribution in [3.05, 3.63) is 40.7 Å². The monoisotopic (exact) mass is 258 g/mol. The first kappa shape index (κ1) is 11.5. The summed E-state index contributed by atoms with van der Waals surface area (Å²) in [6.07, 6.45) is 1.49. The van der Waals surface area contributed by atoms with Gasteiger partial charge in [-0.3, -0.25) is 0 Å². The van der Waals surface area contributed by atoms with E-state index in [1.807, 2.05) is 0 Å². The summed E-state index contributed by atoms with van der Waals surface area (Å²) in [5.74, 6) is -0.500. The van der Waals surface area contributed by atoms with Gasteiger partial charge in [0.15, 0.2) is 0 Å². The second-order valence-electron chi connectivity index (χ2n) is 4.48. The number of fused-ring (bicyclic) bond motifs is 1. The Balaban J connectivity index is 2.22. The summed E-state index contributed by atoms with van der Waals surface area (Å²) in [6.45, 7) is 3.30. The Morgan fingerprint density at radius 1 is 1.05 bits per heavy atom. The summed E-state index contributed by atoms with van der Waals surface area (Å²) in [5.41, 5.74) is 1.62. The molecule has 1 aromatic carbocycles. The molecule has 0 aromatic heterocycles. The Labute approximate surface area is 108 Å². The fourth-order valence-electron chi connectivity index (χ4n) is 2.03. The van der Waals surface area contributed by atoms with E-state index in [1.165, 1.54) is 12.1 Å². The van der Waals surface area contributed by atoms with Crippen molar-refractivity contribution in [3.8, 4) is 11.5 Å². The van der Waals surface area contributed by atoms with Crippen LogP contribution in [0.2, 0.25) is 0 Å². The maximum Gasteiger partial charge on any atom is 0.348 e. The van der Waals surface area contributed by atoms with Crippen LogP contribution in [0, 0.1) is 6.92 Å². The lowest BCUT2D eigenvalue weighted by Gasteiger charge is -2.02. The van der Waals surface area contributed by atoms with Crippen LogP contribution in [0.4, 0.5) is 0 Å². The van der Waals surface area contributed by atoms with Crippen molar-refractivity contribution in [3.63, 3.8) is 0 Å². The molecule has 0 aliphatic carbocycles. The molecule has 5 heteroatoms. The zero-order valence-corrected chi connectivity index (χ0v) is 10.3. The van der Waals surface area contributed by atoms with Crippen molar-refractivity contribution in [1.29, 1.82) is 0 Å². The van der Waals surface area contributed by atoms with Crippen molar-refractivity contribution in [2.24, 2.45) is 0 Å². The summed E-state index contributed by atoms with van der Waals surface area (Å²) in [6, 6.07) is 3.01. The molecule has 2 aliphatic heterocycles. The molecule has 0 unspecified atom stereocenters. The first-order valence-electron chi connectivity index (χ1n) is 5.68. The number of aromatic hydroxyl groups is 1. The lowest BCUT2D eigenvalue weighted by molar-refractivity contribution is -0.133. The highest BCUT2D eigenvalue weighted by molar-refractivity contribution is 6.23. The van der Waals surface area contributed by atoms with E-state index in [9.17, 15) is 14.7 Å². The van der Waals surface area contributed by atoms with Crippen LogP contribution in [-0.4, -0.2) is 17.0 Å². The average molecular weight is 258 g/mol. The van der Waals surface area contributed by atoms with E-state index in [4.69, 9.17) is 9.47 Å². The van der Waals surface area contributed by atoms with Crippen molar-refractivity contribution < 1.29 is 24.2 Å². The number of carbonyl (C=O) groups excluding carboxylic acids is 2. The molecule has 0 saturated carbocycles. The van der Waals surface area contributed by atoms with Crippen LogP contribution in [0.15, 0.2) is 29.5 Å². The molecule has 0 bridgehead atoms. The maximum absolute atomic E-state index is 11.9. The van der Waals surface area contributed by atoms with Gasteiger partial charge in [0, 0.05) is 11.1 Å². The molecule has 0 saturated heterocycles. The highest BCUT2D eigenvalue weighted by Crippen LogP contribution is 2.41. The van der Waals surface area contributed by atoms with Crippen molar-refractivity contribution in [1.82, 2.24) is 0 Å². The quantitative estimate of drug-likeness (QED) is 0.436. The number of allylic oxidation sites excluding steroid dienone is 1.